The lowest BCUT2D eigenvalue weighted by Crippen LogP contribution is -2.22. The predicted molar refractivity (Wildman–Crippen MR) is 108 cm³/mol. The van der Waals surface area contributed by atoms with Gasteiger partial charge in [-0.25, -0.2) is 4.79 Å². The number of methoxy groups -OCH3 is 1. The van der Waals surface area contributed by atoms with E-state index in [-0.39, 0.29) is 0 Å². The smallest absolute Gasteiger partial charge is 0.340 e. The van der Waals surface area contributed by atoms with Gasteiger partial charge in [-0.15, -0.1) is 0 Å². The number of nitrogens with zero attached hydrogens (tertiary/aromatic N) is 1. The molecule has 2 aromatic carbocycles. The average Bonchev–Trinajstić information content (AvgIpc) is 2.66. The minimum atomic E-state index is -0.596. The lowest BCUT2D eigenvalue weighted by Gasteiger charge is -2.13. The number of hydrogen-bond donors (Lipinski definition) is 1. The van der Waals surface area contributed by atoms with Crippen LogP contribution in [-0.4, -0.2) is 30.6 Å². The second kappa shape index (κ2) is 8.27. The molecule has 0 bridgehead atoms. The summed E-state index contributed by atoms with van der Waals surface area (Å²) < 4.78 is 10.4. The summed E-state index contributed by atoms with van der Waals surface area (Å²) in [5.41, 5.74) is 2.89. The Bertz CT molecular complexity index is 1070. The Hall–Kier alpha value is -3.12. The molecule has 28 heavy (non-hydrogen) atoms. The van der Waals surface area contributed by atoms with E-state index in [1.807, 2.05) is 31.2 Å². The van der Waals surface area contributed by atoms with Crippen molar-refractivity contribution < 1.29 is 19.1 Å². The number of aryl methyl sites for hydroxylation is 2. The summed E-state index contributed by atoms with van der Waals surface area (Å²) in [6.45, 7) is 3.14. The molecular formula is C21H19ClN2O4. The minimum Gasteiger partial charge on any atom is -0.495 e. The Morgan fingerprint density at radius 3 is 2.64 bits per heavy atom. The van der Waals surface area contributed by atoms with Gasteiger partial charge in [0.05, 0.1) is 29.6 Å². The Morgan fingerprint density at radius 2 is 1.89 bits per heavy atom. The highest BCUT2D eigenvalue weighted by Gasteiger charge is 2.19. The summed E-state index contributed by atoms with van der Waals surface area (Å²) in [5, 5.41) is 3.94. The minimum absolute atomic E-state index is 0.367. The van der Waals surface area contributed by atoms with Crippen LogP contribution in [-0.2, 0) is 9.53 Å². The van der Waals surface area contributed by atoms with E-state index >= 15 is 0 Å². The van der Waals surface area contributed by atoms with Gasteiger partial charge < -0.3 is 14.8 Å². The van der Waals surface area contributed by atoms with Crippen LogP contribution >= 0.6 is 11.6 Å². The fourth-order valence-corrected chi connectivity index (χ4v) is 3.17. The topological polar surface area (TPSA) is 77.5 Å². The van der Waals surface area contributed by atoms with Crippen molar-refractivity contribution in [2.75, 3.05) is 19.0 Å². The Morgan fingerprint density at radius 1 is 1.14 bits per heavy atom. The number of para-hydroxylation sites is 1. The molecule has 0 fully saturated rings. The van der Waals surface area contributed by atoms with Gasteiger partial charge in [-0.2, -0.15) is 0 Å². The van der Waals surface area contributed by atoms with Gasteiger partial charge in [-0.05, 0) is 43.7 Å². The van der Waals surface area contributed by atoms with Crippen LogP contribution in [0.15, 0.2) is 42.5 Å². The molecule has 0 atom stereocenters. The number of anilines is 1. The molecule has 0 saturated heterocycles. The highest BCUT2D eigenvalue weighted by molar-refractivity contribution is 6.31. The largest absolute Gasteiger partial charge is 0.495 e. The lowest BCUT2D eigenvalue weighted by atomic mass is 10.0. The molecule has 3 rings (SSSR count). The monoisotopic (exact) mass is 398 g/mol. The molecule has 7 heteroatoms. The highest BCUT2D eigenvalue weighted by atomic mass is 35.5. The molecule has 1 aromatic heterocycles. The number of carbonyl (C=O) groups is 2. The van der Waals surface area contributed by atoms with Gasteiger partial charge in [0.25, 0.3) is 5.91 Å². The van der Waals surface area contributed by atoms with Crippen molar-refractivity contribution in [2.24, 2.45) is 0 Å². The van der Waals surface area contributed by atoms with Gasteiger partial charge in [-0.3, -0.25) is 9.78 Å². The zero-order chi connectivity index (χ0) is 20.3. The zero-order valence-corrected chi connectivity index (χ0v) is 16.5. The molecule has 0 aliphatic heterocycles. The van der Waals surface area contributed by atoms with Crippen molar-refractivity contribution in [1.82, 2.24) is 4.98 Å². The number of aromatic nitrogens is 1. The first-order valence-corrected chi connectivity index (χ1v) is 8.95. The second-order valence-corrected chi connectivity index (χ2v) is 6.62. The van der Waals surface area contributed by atoms with E-state index < -0.39 is 18.5 Å². The molecule has 3 aromatic rings. The molecule has 0 saturated carbocycles. The first kappa shape index (κ1) is 19.6. The number of hydrogen-bond acceptors (Lipinski definition) is 5. The summed E-state index contributed by atoms with van der Waals surface area (Å²) in [5.74, 6) is -0.645. The van der Waals surface area contributed by atoms with Crippen molar-refractivity contribution in [3.05, 3.63) is 64.3 Å². The number of esters is 1. The van der Waals surface area contributed by atoms with Crippen LogP contribution in [0.25, 0.3) is 10.9 Å². The number of carbonyl (C=O) groups excluding carboxylic acids is 2. The van der Waals surface area contributed by atoms with Gasteiger partial charge in [-0.1, -0.05) is 29.8 Å². The van der Waals surface area contributed by atoms with Crippen molar-refractivity contribution in [1.29, 1.82) is 0 Å². The molecular weight excluding hydrogens is 380 g/mol. The van der Waals surface area contributed by atoms with Crippen molar-refractivity contribution in [2.45, 2.75) is 13.8 Å². The SMILES string of the molecule is COc1ccc(Cl)cc1NC(=O)COC(=O)c1c(C)nc2ccccc2c1C. The van der Waals surface area contributed by atoms with E-state index in [9.17, 15) is 9.59 Å². The number of halogens is 1. The normalized spacial score (nSPS) is 10.6. The molecule has 0 unspecified atom stereocenters. The maximum absolute atomic E-state index is 12.6. The van der Waals surface area contributed by atoms with Gasteiger partial charge in [0.2, 0.25) is 0 Å². The summed E-state index contributed by atoms with van der Waals surface area (Å²) in [6.07, 6.45) is 0. The van der Waals surface area contributed by atoms with Crippen LogP contribution in [0.1, 0.15) is 21.6 Å². The molecule has 1 N–H and O–H groups in total. The lowest BCUT2D eigenvalue weighted by molar-refractivity contribution is -0.119. The summed E-state index contributed by atoms with van der Waals surface area (Å²) >= 11 is 5.95. The van der Waals surface area contributed by atoms with Crippen molar-refractivity contribution >= 4 is 40.1 Å². The quantitative estimate of drug-likeness (QED) is 0.648. The summed E-state index contributed by atoms with van der Waals surface area (Å²) in [7, 11) is 1.48. The van der Waals surface area contributed by atoms with E-state index in [1.54, 1.807) is 25.1 Å². The van der Waals surface area contributed by atoms with Crippen LogP contribution < -0.4 is 10.1 Å². The maximum atomic E-state index is 12.6. The average molecular weight is 399 g/mol. The first-order valence-electron chi connectivity index (χ1n) is 8.57. The number of amides is 1. The van der Waals surface area contributed by atoms with Crippen LogP contribution in [0.4, 0.5) is 5.69 Å². The number of rotatable bonds is 5. The molecule has 1 heterocycles. The van der Waals surface area contributed by atoms with E-state index in [1.165, 1.54) is 7.11 Å². The van der Waals surface area contributed by atoms with Crippen LogP contribution in [0, 0.1) is 13.8 Å². The molecule has 0 spiro atoms. The zero-order valence-electron chi connectivity index (χ0n) is 15.7. The standard InChI is InChI=1S/C21H19ClN2O4/c1-12-15-6-4-5-7-16(15)23-13(2)20(12)21(26)28-11-19(25)24-17-10-14(22)8-9-18(17)27-3/h4-10H,11H2,1-3H3,(H,24,25). The molecule has 144 valence electrons. The molecule has 6 nitrogen and oxygen atoms in total. The molecule has 0 radical (unpaired) electrons. The van der Waals surface area contributed by atoms with Crippen molar-refractivity contribution in [3.63, 3.8) is 0 Å². The van der Waals surface area contributed by atoms with Crippen LogP contribution in [0.2, 0.25) is 5.02 Å². The Balaban J connectivity index is 1.73. The number of ether oxygens (including phenoxy) is 2. The Labute approximate surface area is 167 Å². The van der Waals surface area contributed by atoms with Crippen molar-refractivity contribution in [3.8, 4) is 5.75 Å². The van der Waals surface area contributed by atoms with E-state index in [0.29, 0.717) is 27.7 Å². The molecule has 0 aliphatic rings. The fourth-order valence-electron chi connectivity index (χ4n) is 3.00. The number of pyridine rings is 1. The Kier molecular flexibility index (Phi) is 5.80. The molecule has 1 amide bonds. The highest BCUT2D eigenvalue weighted by Crippen LogP contribution is 2.27. The molecule has 0 aliphatic carbocycles. The van der Waals surface area contributed by atoms with Gasteiger partial charge in [0, 0.05) is 10.4 Å². The predicted octanol–water partition coefficient (Wildman–Crippen LogP) is 4.31. The number of nitrogens with one attached hydrogen (secondary N) is 1. The third-order valence-electron chi connectivity index (χ3n) is 4.31. The summed E-state index contributed by atoms with van der Waals surface area (Å²) in [6, 6.07) is 12.4. The number of fused-ring (bicyclic) bond motifs is 1. The van der Waals surface area contributed by atoms with Gasteiger partial charge >= 0.3 is 5.97 Å². The second-order valence-electron chi connectivity index (χ2n) is 6.18. The third-order valence-corrected chi connectivity index (χ3v) is 4.54. The number of benzene rings is 2. The summed E-state index contributed by atoms with van der Waals surface area (Å²) in [4.78, 5) is 29.2. The van der Waals surface area contributed by atoms with Gasteiger partial charge in [0.1, 0.15) is 5.75 Å². The third kappa shape index (κ3) is 4.07. The van der Waals surface area contributed by atoms with Gasteiger partial charge in [0.15, 0.2) is 6.61 Å². The van der Waals surface area contributed by atoms with E-state index in [0.717, 1.165) is 16.5 Å². The maximum Gasteiger partial charge on any atom is 0.340 e. The first-order chi connectivity index (χ1) is 13.4. The van der Waals surface area contributed by atoms with E-state index in [4.69, 9.17) is 21.1 Å². The van der Waals surface area contributed by atoms with E-state index in [2.05, 4.69) is 10.3 Å². The van der Waals surface area contributed by atoms with Crippen LogP contribution in [0.5, 0.6) is 5.75 Å². The fraction of sp³-hybridized carbons (Fsp3) is 0.190. The van der Waals surface area contributed by atoms with Crippen LogP contribution in [0.3, 0.4) is 0 Å².